The van der Waals surface area contributed by atoms with Crippen LogP contribution in [0.1, 0.15) is 46.6 Å². The van der Waals surface area contributed by atoms with E-state index in [1.807, 2.05) is 32.0 Å². The highest BCUT2D eigenvalue weighted by molar-refractivity contribution is 5.99. The number of hydrogen-bond donors (Lipinski definition) is 2. The van der Waals surface area contributed by atoms with E-state index in [1.165, 1.54) is 12.4 Å². The molecular weight excluding hydrogens is 597 g/mol. The molecular formula is C35H40FN9O2. The topological polar surface area (TPSA) is 138 Å². The molecule has 2 fully saturated rings. The first-order chi connectivity index (χ1) is 22.6. The van der Waals surface area contributed by atoms with Crippen LogP contribution in [0.4, 0.5) is 10.2 Å². The van der Waals surface area contributed by atoms with Gasteiger partial charge in [-0.15, -0.1) is 0 Å². The van der Waals surface area contributed by atoms with Gasteiger partial charge in [-0.3, -0.25) is 9.69 Å². The minimum Gasteiger partial charge on any atom is -0.457 e. The predicted molar refractivity (Wildman–Crippen MR) is 178 cm³/mol. The third kappa shape index (κ3) is 6.54. The SMILES string of the molecule is CC1CN(C(C)(C)C=C(C#N)C(=O)N2CCCC(n3nc(-c4ccc(Oc5ccccc5)cc4F)c4c(N)ncnc43)C2)[C@@H](C)CN1. The number of anilines is 1. The van der Waals surface area contributed by atoms with Crippen molar-refractivity contribution >= 4 is 22.8 Å². The van der Waals surface area contributed by atoms with E-state index in [0.29, 0.717) is 60.2 Å². The fourth-order valence-corrected chi connectivity index (χ4v) is 6.73. The van der Waals surface area contributed by atoms with Crippen LogP contribution in [0.2, 0.25) is 0 Å². The van der Waals surface area contributed by atoms with Crippen molar-refractivity contribution in [2.24, 2.45) is 0 Å². The summed E-state index contributed by atoms with van der Waals surface area (Å²) in [6, 6.07) is 16.2. The second-order valence-corrected chi connectivity index (χ2v) is 13.0. The molecule has 2 unspecified atom stereocenters. The largest absolute Gasteiger partial charge is 0.457 e. The van der Waals surface area contributed by atoms with Gasteiger partial charge in [-0.25, -0.2) is 19.0 Å². The molecule has 0 spiro atoms. The molecule has 0 saturated carbocycles. The Labute approximate surface area is 273 Å². The maximum absolute atomic E-state index is 15.7. The van der Waals surface area contributed by atoms with Crippen molar-refractivity contribution in [3.05, 3.63) is 72.3 Å². The molecule has 2 aromatic carbocycles. The highest BCUT2D eigenvalue weighted by Crippen LogP contribution is 2.36. The molecule has 4 heterocycles. The standard InChI is InChI=1S/C35H40FN9O2/c1-22-19-44(23(2)18-39-22)35(3,4)16-24(17-37)34(46)43-14-8-9-25(20-43)45-33-30(32(38)40-21-41-33)31(42-45)28-13-12-27(15-29(28)36)47-26-10-6-5-7-11-26/h5-7,10-13,15-16,21-23,25,39H,8-9,14,18-20H2,1-4H3,(H2,38,40,41)/t22?,23-,25?/m0/s1. The number of benzene rings is 2. The van der Waals surface area contributed by atoms with Gasteiger partial charge in [0, 0.05) is 55.4 Å². The van der Waals surface area contributed by atoms with E-state index in [0.717, 1.165) is 13.1 Å². The van der Waals surface area contributed by atoms with Gasteiger partial charge in [0.1, 0.15) is 46.8 Å². The van der Waals surface area contributed by atoms with Crippen LogP contribution in [-0.2, 0) is 4.79 Å². The van der Waals surface area contributed by atoms with Crippen LogP contribution in [0.5, 0.6) is 11.5 Å². The number of amides is 1. The van der Waals surface area contributed by atoms with Crippen LogP contribution in [0.25, 0.3) is 22.3 Å². The van der Waals surface area contributed by atoms with Gasteiger partial charge >= 0.3 is 0 Å². The van der Waals surface area contributed by atoms with E-state index in [-0.39, 0.29) is 34.9 Å². The number of ether oxygens (including phenoxy) is 1. The summed E-state index contributed by atoms with van der Waals surface area (Å²) in [7, 11) is 0. The maximum atomic E-state index is 15.7. The van der Waals surface area contributed by atoms with Crippen molar-refractivity contribution in [3.8, 4) is 28.8 Å². The lowest BCUT2D eigenvalue weighted by Gasteiger charge is -2.46. The lowest BCUT2D eigenvalue weighted by Crippen LogP contribution is -2.60. The molecule has 11 nitrogen and oxygen atoms in total. The van der Waals surface area contributed by atoms with Gasteiger partial charge in [0.05, 0.1) is 11.4 Å². The summed E-state index contributed by atoms with van der Waals surface area (Å²) in [5, 5.41) is 18.9. The predicted octanol–water partition coefficient (Wildman–Crippen LogP) is 5.08. The Balaban J connectivity index is 1.28. The number of nitrogen functional groups attached to an aromatic ring is 1. The quantitative estimate of drug-likeness (QED) is 0.210. The highest BCUT2D eigenvalue weighted by atomic mass is 19.1. The molecule has 4 aromatic rings. The minimum atomic E-state index is -0.534. The van der Waals surface area contributed by atoms with Gasteiger partial charge in [0.15, 0.2) is 5.65 Å². The Hall–Kier alpha value is -4.86. The smallest absolute Gasteiger partial charge is 0.264 e. The number of piperidine rings is 1. The molecule has 3 N–H and O–H groups in total. The van der Waals surface area contributed by atoms with Crippen molar-refractivity contribution in [1.29, 1.82) is 5.26 Å². The highest BCUT2D eigenvalue weighted by Gasteiger charge is 2.36. The lowest BCUT2D eigenvalue weighted by molar-refractivity contribution is -0.128. The van der Waals surface area contributed by atoms with Gasteiger partial charge in [-0.05, 0) is 70.9 Å². The number of rotatable bonds is 7. The molecule has 1 amide bonds. The normalized spacial score (nSPS) is 21.1. The molecule has 12 heteroatoms. The summed E-state index contributed by atoms with van der Waals surface area (Å²) < 4.78 is 23.2. The van der Waals surface area contributed by atoms with E-state index in [4.69, 9.17) is 15.6 Å². The number of nitrogens with zero attached hydrogens (tertiary/aromatic N) is 7. The number of likely N-dealkylation sites (tertiary alicyclic amines) is 1. The second kappa shape index (κ2) is 13.1. The summed E-state index contributed by atoms with van der Waals surface area (Å²) in [4.78, 5) is 26.5. The minimum absolute atomic E-state index is 0.117. The fourth-order valence-electron chi connectivity index (χ4n) is 6.73. The Kier molecular flexibility index (Phi) is 8.94. The van der Waals surface area contributed by atoms with Crippen LogP contribution in [0, 0.1) is 17.1 Å². The van der Waals surface area contributed by atoms with E-state index in [2.05, 4.69) is 40.1 Å². The Bertz CT molecular complexity index is 1850. The van der Waals surface area contributed by atoms with Crippen molar-refractivity contribution in [2.45, 2.75) is 64.2 Å². The molecule has 2 saturated heterocycles. The number of nitriles is 1. The number of para-hydroxylation sites is 1. The summed E-state index contributed by atoms with van der Waals surface area (Å²) in [5.74, 6) is 0.268. The molecule has 2 aromatic heterocycles. The first kappa shape index (κ1) is 32.1. The van der Waals surface area contributed by atoms with Crippen LogP contribution < -0.4 is 15.8 Å². The molecule has 244 valence electrons. The zero-order chi connectivity index (χ0) is 33.3. The van der Waals surface area contributed by atoms with Gasteiger partial charge in [0.2, 0.25) is 0 Å². The molecule has 0 bridgehead atoms. The average Bonchev–Trinajstić information content (AvgIpc) is 3.45. The van der Waals surface area contributed by atoms with E-state index >= 15 is 4.39 Å². The number of piperazine rings is 1. The van der Waals surface area contributed by atoms with E-state index in [9.17, 15) is 10.1 Å². The van der Waals surface area contributed by atoms with Crippen molar-refractivity contribution < 1.29 is 13.9 Å². The number of hydrogen-bond acceptors (Lipinski definition) is 9. The summed E-state index contributed by atoms with van der Waals surface area (Å²) in [5.41, 5.74) is 6.93. The van der Waals surface area contributed by atoms with Crippen LogP contribution in [-0.4, -0.2) is 79.3 Å². The zero-order valence-corrected chi connectivity index (χ0v) is 27.2. The zero-order valence-electron chi connectivity index (χ0n) is 27.2. The Morgan fingerprint density at radius 3 is 2.68 bits per heavy atom. The van der Waals surface area contributed by atoms with Crippen LogP contribution >= 0.6 is 0 Å². The average molecular weight is 638 g/mol. The maximum Gasteiger partial charge on any atom is 0.264 e. The molecule has 6 rings (SSSR count). The molecule has 2 aliphatic rings. The monoisotopic (exact) mass is 637 g/mol. The first-order valence-corrected chi connectivity index (χ1v) is 16.0. The van der Waals surface area contributed by atoms with Gasteiger partial charge < -0.3 is 20.7 Å². The Morgan fingerprint density at radius 2 is 1.94 bits per heavy atom. The van der Waals surface area contributed by atoms with Crippen molar-refractivity contribution in [1.82, 2.24) is 34.9 Å². The molecule has 47 heavy (non-hydrogen) atoms. The molecule has 3 atom stereocenters. The second-order valence-electron chi connectivity index (χ2n) is 13.0. The number of nitrogens with one attached hydrogen (secondary N) is 1. The summed E-state index contributed by atoms with van der Waals surface area (Å²) >= 11 is 0. The first-order valence-electron chi connectivity index (χ1n) is 16.0. The van der Waals surface area contributed by atoms with Crippen molar-refractivity contribution in [3.63, 3.8) is 0 Å². The number of fused-ring (bicyclic) bond motifs is 1. The molecule has 0 radical (unpaired) electrons. The third-order valence-corrected chi connectivity index (χ3v) is 9.08. The van der Waals surface area contributed by atoms with Gasteiger partial charge in [-0.2, -0.15) is 10.4 Å². The number of nitrogens with two attached hydrogens (primary N) is 1. The fraction of sp³-hybridized carbons (Fsp3) is 0.400. The Morgan fingerprint density at radius 1 is 1.15 bits per heavy atom. The molecule has 2 aliphatic heterocycles. The lowest BCUT2D eigenvalue weighted by atomic mass is 9.94. The third-order valence-electron chi connectivity index (χ3n) is 9.08. The van der Waals surface area contributed by atoms with E-state index < -0.39 is 11.4 Å². The molecule has 0 aliphatic carbocycles. The van der Waals surface area contributed by atoms with Crippen molar-refractivity contribution in [2.75, 3.05) is 31.9 Å². The van der Waals surface area contributed by atoms with Gasteiger partial charge in [-0.1, -0.05) is 18.2 Å². The van der Waals surface area contributed by atoms with Crippen LogP contribution in [0.3, 0.4) is 0 Å². The number of carbonyl (C=O) groups excluding carboxylic acids is 1. The summed E-state index contributed by atoms with van der Waals surface area (Å²) in [6.45, 7) is 10.9. The van der Waals surface area contributed by atoms with Crippen LogP contribution in [0.15, 0.2) is 66.5 Å². The van der Waals surface area contributed by atoms with E-state index in [1.54, 1.807) is 39.9 Å². The number of carbonyl (C=O) groups is 1. The number of aromatic nitrogens is 4. The van der Waals surface area contributed by atoms with Gasteiger partial charge in [0.25, 0.3) is 5.91 Å². The number of halogens is 1. The summed E-state index contributed by atoms with van der Waals surface area (Å²) in [6.07, 6.45) is 4.57.